The quantitative estimate of drug-likeness (QED) is 0.464. The van der Waals surface area contributed by atoms with Gasteiger partial charge in [0.1, 0.15) is 0 Å². The summed E-state index contributed by atoms with van der Waals surface area (Å²) in [6.07, 6.45) is -1.83. The van der Waals surface area contributed by atoms with E-state index in [9.17, 15) is 0 Å². The van der Waals surface area contributed by atoms with Gasteiger partial charge in [0.2, 0.25) is 0 Å². The minimum atomic E-state index is -1.83. The molecule has 0 bridgehead atoms. The Morgan fingerprint density at radius 1 is 1.29 bits per heavy atom. The van der Waals surface area contributed by atoms with Gasteiger partial charge < -0.3 is 10.2 Å². The Labute approximate surface area is 58.4 Å². The molecule has 0 aliphatic heterocycles. The molecule has 4 nitrogen and oxygen atoms in total. The average molecular weight is 197 g/mol. The SMILES string of the molecule is O=C(O)O.[Co].[OH][Ni]. The van der Waals surface area contributed by atoms with Crippen LogP contribution in [0, 0.1) is 0 Å². The van der Waals surface area contributed by atoms with Gasteiger partial charge in [0, 0.05) is 16.8 Å². The van der Waals surface area contributed by atoms with Crippen LogP contribution in [0.2, 0.25) is 0 Å². The van der Waals surface area contributed by atoms with Gasteiger partial charge in [-0.15, -0.1) is 0 Å². The van der Waals surface area contributed by atoms with Crippen LogP contribution in [0.25, 0.3) is 0 Å². The average Bonchev–Trinajstić information content (AvgIpc) is 1.41. The number of carbonyl (C=O) groups is 1. The van der Waals surface area contributed by atoms with E-state index in [1.165, 1.54) is 0 Å². The molecule has 0 saturated carbocycles. The molecule has 0 aromatic carbocycles. The summed E-state index contributed by atoms with van der Waals surface area (Å²) in [5.74, 6) is 0. The second kappa shape index (κ2) is 16.3. The predicted octanol–water partition coefficient (Wildman–Crippen LogP) is -0.340. The van der Waals surface area contributed by atoms with Gasteiger partial charge in [-0.2, -0.15) is 0 Å². The van der Waals surface area contributed by atoms with Gasteiger partial charge in [-0.3, -0.25) is 0 Å². The van der Waals surface area contributed by atoms with Crippen molar-refractivity contribution in [2.24, 2.45) is 0 Å². The van der Waals surface area contributed by atoms with Crippen molar-refractivity contribution in [3.05, 3.63) is 0 Å². The van der Waals surface area contributed by atoms with E-state index in [4.69, 9.17) is 19.3 Å². The molecule has 0 spiro atoms. The molecule has 0 rings (SSSR count). The van der Waals surface area contributed by atoms with Crippen LogP contribution in [0.1, 0.15) is 0 Å². The maximum absolute atomic E-state index is 8.56. The molecule has 0 aromatic rings. The standard InChI is InChI=1S/CH2O3.Co.Ni.H2O/c2-1(3)4;;;/h(H2,2,3,4);;;1H2/q;;+1;/p-1. The number of hydrogen-bond donors (Lipinski definition) is 3. The Balaban J connectivity index is -0.0000000480. The first-order valence-corrected chi connectivity index (χ1v) is 1.23. The van der Waals surface area contributed by atoms with Crippen LogP contribution in [0.3, 0.4) is 0 Å². The van der Waals surface area contributed by atoms with Crippen LogP contribution in [-0.4, -0.2) is 20.6 Å². The van der Waals surface area contributed by atoms with Gasteiger partial charge >= 0.3 is 26.2 Å². The van der Waals surface area contributed by atoms with E-state index in [1.807, 2.05) is 0 Å². The van der Waals surface area contributed by atoms with Crippen molar-refractivity contribution >= 4 is 6.16 Å². The van der Waals surface area contributed by atoms with Crippen LogP contribution >= 0.6 is 0 Å². The normalized spacial score (nSPS) is 4.43. The van der Waals surface area contributed by atoms with Gasteiger partial charge in [-0.05, 0) is 0 Å². The van der Waals surface area contributed by atoms with E-state index in [2.05, 4.69) is 15.8 Å². The Morgan fingerprint density at radius 2 is 1.29 bits per heavy atom. The van der Waals surface area contributed by atoms with E-state index >= 15 is 0 Å². The van der Waals surface area contributed by atoms with E-state index < -0.39 is 6.16 Å². The zero-order valence-electron chi connectivity index (χ0n) is 2.90. The first kappa shape index (κ1) is 15.7. The topological polar surface area (TPSA) is 77.8 Å². The van der Waals surface area contributed by atoms with Crippen LogP contribution in [0.5, 0.6) is 0 Å². The van der Waals surface area contributed by atoms with Crippen LogP contribution in [0.4, 0.5) is 4.79 Å². The van der Waals surface area contributed by atoms with Crippen molar-refractivity contribution < 1.29 is 51.8 Å². The summed E-state index contributed by atoms with van der Waals surface area (Å²) in [5, 5.41) is 13.9. The molecular formula is CH3CoNiO4. The second-order valence-electron chi connectivity index (χ2n) is 0.283. The molecule has 0 unspecified atom stereocenters. The van der Waals surface area contributed by atoms with Crippen molar-refractivity contribution in [3.63, 3.8) is 0 Å². The summed E-state index contributed by atoms with van der Waals surface area (Å²) in [6.45, 7) is 0. The molecule has 0 amide bonds. The van der Waals surface area contributed by atoms with Gasteiger partial charge in [-0.1, -0.05) is 0 Å². The summed E-state index contributed by atoms with van der Waals surface area (Å²) in [6, 6.07) is 0. The molecule has 0 aliphatic rings. The van der Waals surface area contributed by atoms with Crippen molar-refractivity contribution in [1.29, 1.82) is 0 Å². The fraction of sp³-hybridized carbons (Fsp3) is 0. The minimum absolute atomic E-state index is 0. The molecular weight excluding hydrogens is 194 g/mol. The molecule has 3 N–H and O–H groups in total. The second-order valence-corrected chi connectivity index (χ2v) is 0.283. The monoisotopic (exact) mass is 196 g/mol. The van der Waals surface area contributed by atoms with Gasteiger partial charge in [-0.25, -0.2) is 4.79 Å². The molecule has 6 heteroatoms. The zero-order valence-corrected chi connectivity index (χ0v) is 4.93. The number of rotatable bonds is 0. The van der Waals surface area contributed by atoms with E-state index in [0.717, 1.165) is 0 Å². The maximum atomic E-state index is 8.56. The molecule has 1 radical (unpaired) electrons. The van der Waals surface area contributed by atoms with Gasteiger partial charge in [0.25, 0.3) is 0 Å². The van der Waals surface area contributed by atoms with E-state index in [0.29, 0.717) is 0 Å². The van der Waals surface area contributed by atoms with Crippen LogP contribution in [-0.2, 0) is 32.6 Å². The van der Waals surface area contributed by atoms with Crippen molar-refractivity contribution in [2.75, 3.05) is 0 Å². The molecule has 0 fully saturated rings. The first-order valence-electron chi connectivity index (χ1n) is 0.793. The summed E-state index contributed by atoms with van der Waals surface area (Å²) in [4.78, 5) is 8.56. The van der Waals surface area contributed by atoms with Crippen molar-refractivity contribution in [1.82, 2.24) is 0 Å². The van der Waals surface area contributed by atoms with Crippen LogP contribution in [0.15, 0.2) is 0 Å². The number of carboxylic acid groups (broad SMARTS) is 2. The Morgan fingerprint density at radius 3 is 1.29 bits per heavy atom. The fourth-order valence-corrected chi connectivity index (χ4v) is 0. The van der Waals surface area contributed by atoms with Gasteiger partial charge in [0.05, 0.1) is 0 Å². The molecule has 7 heavy (non-hydrogen) atoms. The summed E-state index contributed by atoms with van der Waals surface area (Å²) < 4.78 is 6.62. The Kier molecular flexibility index (Phi) is 36.6. The zero-order chi connectivity index (χ0) is 5.58. The third kappa shape index (κ3) is 2110. The number of hydrogen-bond acceptors (Lipinski definition) is 2. The summed E-state index contributed by atoms with van der Waals surface area (Å²) in [7, 11) is 0. The summed E-state index contributed by atoms with van der Waals surface area (Å²) in [5.41, 5.74) is 0. The third-order valence-corrected chi connectivity index (χ3v) is 0. The van der Waals surface area contributed by atoms with Crippen LogP contribution < -0.4 is 0 Å². The Bertz CT molecular complexity index is 34.7. The van der Waals surface area contributed by atoms with Crippen molar-refractivity contribution in [3.8, 4) is 0 Å². The third-order valence-electron chi connectivity index (χ3n) is 0. The molecule has 50 valence electrons. The van der Waals surface area contributed by atoms with E-state index in [-0.39, 0.29) is 16.8 Å². The molecule has 0 heterocycles. The molecule has 0 atom stereocenters. The van der Waals surface area contributed by atoms with E-state index in [1.54, 1.807) is 0 Å². The van der Waals surface area contributed by atoms with Crippen molar-refractivity contribution in [2.45, 2.75) is 0 Å². The fourth-order valence-electron chi connectivity index (χ4n) is 0. The first-order chi connectivity index (χ1) is 2.73. The molecule has 0 aromatic heterocycles. The summed E-state index contributed by atoms with van der Waals surface area (Å²) >= 11 is 2.88. The molecule has 0 aliphatic carbocycles. The Hall–Kier alpha value is 0.230. The molecule has 0 saturated heterocycles. The predicted molar refractivity (Wildman–Crippen MR) is 12.9 cm³/mol. The van der Waals surface area contributed by atoms with Gasteiger partial charge in [0.15, 0.2) is 0 Å².